The third kappa shape index (κ3) is 27.4. The van der Waals surface area contributed by atoms with E-state index in [1.165, 1.54) is 49.8 Å². The predicted octanol–water partition coefficient (Wildman–Crippen LogP) is 20.2. The van der Waals surface area contributed by atoms with Gasteiger partial charge in [0.15, 0.2) is 0 Å². The van der Waals surface area contributed by atoms with Gasteiger partial charge in [-0.1, -0.05) is 108 Å². The van der Waals surface area contributed by atoms with Gasteiger partial charge >= 0.3 is 0 Å². The SMILES string of the molecule is C.C#Cc1cccc(C(=O)Nc2cc(Cl)cc(N(C)c3cncnc3)c2)c1.CN(c1cncnc1)c1cccc(NC(=O)c2cccc(C(C)(F)F)n2)c1.Cc1cccc(C(=O)Nc2cc(Cl)cc(N(C)c3cncnc3)c2)c1.Cc1cccc(C(=O)Nc2cccc(N(C)c3cncnc3)c2)c1.Cc1cccc(C(=O)Nc2cccc(N(C)c3cncnc3)c2)n1. The Morgan fingerprint density at radius 3 is 0.961 bits per heavy atom. The zero-order chi connectivity index (χ0) is 89.7. The first-order valence-electron chi connectivity index (χ1n) is 38.6. The molecule has 0 saturated heterocycles. The second kappa shape index (κ2) is 45.1. The van der Waals surface area contributed by atoms with Crippen molar-refractivity contribution in [3.8, 4) is 12.3 Å². The zero-order valence-corrected chi connectivity index (χ0v) is 71.2. The van der Waals surface area contributed by atoms with Crippen molar-refractivity contribution in [1.82, 2.24) is 59.8 Å². The van der Waals surface area contributed by atoms with Crippen molar-refractivity contribution < 1.29 is 32.8 Å². The molecule has 127 heavy (non-hydrogen) atoms. The fourth-order valence-electron chi connectivity index (χ4n) is 11.9. The summed E-state index contributed by atoms with van der Waals surface area (Å²) in [5.74, 6) is -1.96. The second-order valence-corrected chi connectivity index (χ2v) is 28.9. The van der Waals surface area contributed by atoms with Crippen molar-refractivity contribution >= 4 is 138 Å². The van der Waals surface area contributed by atoms with E-state index in [4.69, 9.17) is 29.6 Å². The monoisotopic (exact) mass is 1740 g/mol. The summed E-state index contributed by atoms with van der Waals surface area (Å²) >= 11 is 12.4. The Morgan fingerprint density at radius 1 is 0.331 bits per heavy atom. The number of rotatable bonds is 21. The lowest BCUT2D eigenvalue weighted by atomic mass is 10.1. The summed E-state index contributed by atoms with van der Waals surface area (Å²) in [4.78, 5) is 120. The topological polar surface area (TPSA) is 316 Å². The van der Waals surface area contributed by atoms with E-state index in [1.807, 2.05) is 202 Å². The van der Waals surface area contributed by atoms with Gasteiger partial charge in [0.05, 0.1) is 90.4 Å². The molecule has 15 aromatic rings. The first-order valence-corrected chi connectivity index (χ1v) is 39.4. The predicted molar refractivity (Wildman–Crippen MR) is 499 cm³/mol. The number of hydrogen-bond acceptors (Lipinski definition) is 22. The Bertz CT molecular complexity index is 6150. The van der Waals surface area contributed by atoms with Crippen LogP contribution in [-0.2, 0) is 5.92 Å². The number of pyridine rings is 2. The molecule has 5 amide bonds. The minimum Gasteiger partial charge on any atom is -0.342 e. The van der Waals surface area contributed by atoms with Gasteiger partial charge in [-0.25, -0.2) is 59.8 Å². The molecule has 0 spiro atoms. The highest BCUT2D eigenvalue weighted by Gasteiger charge is 2.27. The van der Waals surface area contributed by atoms with Gasteiger partial charge < -0.3 is 51.1 Å². The Balaban J connectivity index is 0.000000165. The summed E-state index contributed by atoms with van der Waals surface area (Å²) in [5.41, 5.74) is 16.7. The van der Waals surface area contributed by atoms with Crippen LogP contribution < -0.4 is 51.1 Å². The summed E-state index contributed by atoms with van der Waals surface area (Å²) in [6.07, 6.45) is 29.8. The Hall–Kier alpha value is -16.2. The molecular formula is C96H88Cl2F2N22O5. The maximum atomic E-state index is 13.4. The number of aromatic nitrogens is 12. The molecule has 8 aromatic carbocycles. The summed E-state index contributed by atoms with van der Waals surface area (Å²) < 4.78 is 26.8. The first kappa shape index (κ1) is 93.1. The lowest BCUT2D eigenvalue weighted by Gasteiger charge is -2.20. The van der Waals surface area contributed by atoms with Crippen LogP contribution >= 0.6 is 23.2 Å². The molecule has 0 radical (unpaired) electrons. The molecule has 0 bridgehead atoms. The van der Waals surface area contributed by atoms with Gasteiger partial charge in [-0.3, -0.25) is 24.0 Å². The van der Waals surface area contributed by atoms with Crippen LogP contribution in [0.25, 0.3) is 0 Å². The van der Waals surface area contributed by atoms with Crippen molar-refractivity contribution in [3.05, 3.63) is 378 Å². The maximum Gasteiger partial charge on any atom is 0.287 e. The van der Waals surface area contributed by atoms with Gasteiger partial charge in [0.25, 0.3) is 35.5 Å². The number of benzene rings is 8. The summed E-state index contributed by atoms with van der Waals surface area (Å²) in [6, 6.07) is 64.2. The van der Waals surface area contributed by atoms with E-state index >= 15 is 0 Å². The molecule has 640 valence electrons. The third-order valence-corrected chi connectivity index (χ3v) is 19.0. The lowest BCUT2D eigenvalue weighted by Crippen LogP contribution is -2.18. The number of aryl methyl sites for hydroxylation is 3. The summed E-state index contributed by atoms with van der Waals surface area (Å²) in [5, 5.41) is 15.3. The van der Waals surface area contributed by atoms with Crippen LogP contribution in [0.1, 0.15) is 94.5 Å². The molecule has 27 nitrogen and oxygen atoms in total. The average molecular weight is 1740 g/mol. The average Bonchev–Trinajstić information content (AvgIpc) is 0.835. The molecule has 0 aliphatic heterocycles. The van der Waals surface area contributed by atoms with Crippen LogP contribution in [-0.4, -0.2) is 125 Å². The number of anilines is 15. The fraction of sp³-hybridized carbons (Fsp3) is 0.115. The van der Waals surface area contributed by atoms with Gasteiger partial charge in [-0.2, -0.15) is 8.78 Å². The molecular weight excluding hydrogens is 1650 g/mol. The molecule has 31 heteroatoms. The highest BCUT2D eigenvalue weighted by Crippen LogP contribution is 2.34. The van der Waals surface area contributed by atoms with E-state index in [2.05, 4.69) is 92.3 Å². The molecule has 0 aliphatic carbocycles. The number of alkyl halides is 2. The molecule has 5 N–H and O–H groups in total. The van der Waals surface area contributed by atoms with Gasteiger partial charge in [0.1, 0.15) is 48.7 Å². The Labute approximate surface area is 744 Å². The minimum atomic E-state index is -3.11. The molecule has 0 saturated carbocycles. The van der Waals surface area contributed by atoms with Crippen molar-refractivity contribution in [3.63, 3.8) is 0 Å². The van der Waals surface area contributed by atoms with E-state index in [1.54, 1.807) is 141 Å². The van der Waals surface area contributed by atoms with E-state index in [-0.39, 0.29) is 36.7 Å². The highest BCUT2D eigenvalue weighted by molar-refractivity contribution is 6.31. The number of amides is 5. The van der Waals surface area contributed by atoms with Crippen LogP contribution in [0.4, 0.5) is 94.1 Å². The smallest absolute Gasteiger partial charge is 0.287 e. The Morgan fingerprint density at radius 2 is 0.622 bits per heavy atom. The minimum absolute atomic E-state index is 0. The van der Waals surface area contributed by atoms with E-state index < -0.39 is 17.5 Å². The van der Waals surface area contributed by atoms with E-state index in [0.717, 1.165) is 86.3 Å². The second-order valence-electron chi connectivity index (χ2n) is 28.0. The number of halogens is 4. The first-order chi connectivity index (χ1) is 60.7. The number of nitrogens with one attached hydrogen (secondary N) is 5. The van der Waals surface area contributed by atoms with Crippen LogP contribution in [0.2, 0.25) is 10.0 Å². The standard InChI is InChI=1S/C20H15ClN4O.C19H17ClN4O.C19H17F2N5O.C19H18N4O.C18H17N5O.CH4/c1-3-14-5-4-6-15(7-14)20(26)24-17-8-16(21)9-18(10-17)25(2)19-11-22-13-23-12-19;1-13-4-3-5-14(6-13)19(25)23-16-7-15(20)8-17(9-16)24(2)18-10-21-12-22-11-18;1-19(20,21)17-8-4-7-16(25-17)18(27)24-13-5-3-6-14(9-13)26(2)15-10-22-12-23-11-15;1-14-5-3-6-15(9-14)19(24)22-16-7-4-8-17(10-16)23(2)18-11-20-13-21-12-18;1-13-5-3-8-17(21-13)18(24)22-14-6-4-7-15(9-14)23(2)16-10-19-12-20-11-16;/h1,4-13H,2H3,(H,24,26);3-12H,1-2H3,(H,23,25);3-12H,1-2H3,(H,24,27);3-13H,1-2H3,(H,22,24);3-12H,1-2H3,(H,22,24);1H4. The van der Waals surface area contributed by atoms with E-state index in [9.17, 15) is 32.8 Å². The molecule has 0 aliphatic rings. The highest BCUT2D eigenvalue weighted by atomic mass is 35.5. The van der Waals surface area contributed by atoms with Crippen LogP contribution in [0.3, 0.4) is 0 Å². The number of terminal acetylenes is 1. The molecule has 0 unspecified atom stereocenters. The largest absolute Gasteiger partial charge is 0.342 e. The number of carbonyl (C=O) groups excluding carboxylic acids is 5. The normalized spacial score (nSPS) is 10.3. The van der Waals surface area contributed by atoms with Crippen LogP contribution in [0, 0.1) is 33.1 Å². The molecule has 7 heterocycles. The van der Waals surface area contributed by atoms with Crippen LogP contribution in [0.15, 0.2) is 312 Å². The van der Waals surface area contributed by atoms with Gasteiger partial charge in [-0.05, 0) is 178 Å². The Kier molecular flexibility index (Phi) is 33.0. The quantitative estimate of drug-likeness (QED) is 0.0417. The lowest BCUT2D eigenvalue weighted by molar-refractivity contribution is 0.0126. The summed E-state index contributed by atoms with van der Waals surface area (Å²) in [6.45, 7) is 6.51. The number of nitrogens with zero attached hydrogens (tertiary/aromatic N) is 17. The van der Waals surface area contributed by atoms with Crippen molar-refractivity contribution in [1.29, 1.82) is 0 Å². The van der Waals surface area contributed by atoms with Gasteiger partial charge in [-0.15, -0.1) is 6.42 Å². The molecule has 7 aromatic heterocycles. The van der Waals surface area contributed by atoms with Gasteiger partial charge in [0.2, 0.25) is 0 Å². The van der Waals surface area contributed by atoms with Crippen molar-refractivity contribution in [2.75, 3.05) is 86.3 Å². The van der Waals surface area contributed by atoms with Crippen molar-refractivity contribution in [2.24, 2.45) is 0 Å². The van der Waals surface area contributed by atoms with Crippen LogP contribution in [0.5, 0.6) is 0 Å². The maximum absolute atomic E-state index is 13.4. The van der Waals surface area contributed by atoms with E-state index in [0.29, 0.717) is 60.7 Å². The number of hydrogen-bond donors (Lipinski definition) is 5. The number of carbonyl (C=O) groups is 5. The molecule has 0 fully saturated rings. The fourth-order valence-corrected chi connectivity index (χ4v) is 12.4. The molecule has 15 rings (SSSR count). The summed E-state index contributed by atoms with van der Waals surface area (Å²) in [7, 11) is 9.44. The third-order valence-electron chi connectivity index (χ3n) is 18.6. The zero-order valence-electron chi connectivity index (χ0n) is 69.7. The van der Waals surface area contributed by atoms with Gasteiger partial charge in [0, 0.05) is 137 Å². The van der Waals surface area contributed by atoms with Crippen molar-refractivity contribution in [2.45, 2.75) is 41.0 Å². The molecule has 0 atom stereocenters.